The fraction of sp³-hybridized carbons (Fsp3) is 0.381. The van der Waals surface area contributed by atoms with Crippen LogP contribution >= 0.6 is 0 Å². The highest BCUT2D eigenvalue weighted by atomic mass is 16.5. The van der Waals surface area contributed by atoms with Crippen LogP contribution in [-0.4, -0.2) is 37.1 Å². The van der Waals surface area contributed by atoms with E-state index in [0.29, 0.717) is 18.7 Å². The molecule has 1 aromatic heterocycles. The maximum Gasteiger partial charge on any atom is 0.274 e. The van der Waals surface area contributed by atoms with Gasteiger partial charge in [0.15, 0.2) is 0 Å². The zero-order chi connectivity index (χ0) is 19.9. The van der Waals surface area contributed by atoms with Crippen LogP contribution in [0.25, 0.3) is 0 Å². The molecular formula is C21H27N3O3. The highest BCUT2D eigenvalue weighted by Crippen LogP contribution is 2.29. The molecule has 0 radical (unpaired) electrons. The molecule has 0 saturated carbocycles. The molecule has 2 rings (SSSR count). The molecule has 0 saturated heterocycles. The molecule has 0 aliphatic heterocycles. The van der Waals surface area contributed by atoms with E-state index in [0.717, 1.165) is 17.7 Å². The van der Waals surface area contributed by atoms with Crippen LogP contribution in [0, 0.1) is 0 Å². The molecule has 1 heterocycles. The lowest BCUT2D eigenvalue weighted by atomic mass is 9.86. The van der Waals surface area contributed by atoms with E-state index in [4.69, 9.17) is 4.74 Å². The first-order valence-corrected chi connectivity index (χ1v) is 8.97. The number of carbonyl (C=O) groups excluding carboxylic acids is 2. The van der Waals surface area contributed by atoms with Gasteiger partial charge in [-0.3, -0.25) is 14.6 Å². The van der Waals surface area contributed by atoms with Crippen LogP contribution < -0.4 is 10.6 Å². The van der Waals surface area contributed by atoms with Gasteiger partial charge in [-0.05, 0) is 35.6 Å². The number of methoxy groups -OCH3 is 1. The Morgan fingerprint density at radius 2 is 1.85 bits per heavy atom. The molecule has 0 fully saturated rings. The Kier molecular flexibility index (Phi) is 7.07. The number of nitrogens with one attached hydrogen (secondary N) is 2. The van der Waals surface area contributed by atoms with Gasteiger partial charge in [-0.15, -0.1) is 0 Å². The lowest BCUT2D eigenvalue weighted by Gasteiger charge is -2.22. The van der Waals surface area contributed by atoms with Crippen molar-refractivity contribution < 1.29 is 14.3 Å². The molecule has 2 aromatic rings. The Labute approximate surface area is 160 Å². The van der Waals surface area contributed by atoms with Crippen LogP contribution in [-0.2, 0) is 10.2 Å². The molecule has 2 N–H and O–H groups in total. The van der Waals surface area contributed by atoms with Crippen molar-refractivity contribution in [1.82, 2.24) is 10.3 Å². The summed E-state index contributed by atoms with van der Waals surface area (Å²) in [6, 6.07) is 10.8. The first-order valence-electron chi connectivity index (χ1n) is 8.97. The Morgan fingerprint density at radius 3 is 2.56 bits per heavy atom. The minimum absolute atomic E-state index is 0.110. The zero-order valence-electron chi connectivity index (χ0n) is 16.3. The summed E-state index contributed by atoms with van der Waals surface area (Å²) in [4.78, 5) is 29.0. The van der Waals surface area contributed by atoms with Gasteiger partial charge < -0.3 is 15.4 Å². The summed E-state index contributed by atoms with van der Waals surface area (Å²) in [5, 5.41) is 5.71. The summed E-state index contributed by atoms with van der Waals surface area (Å²) in [6.45, 7) is 7.35. The van der Waals surface area contributed by atoms with Gasteiger partial charge in [0, 0.05) is 37.7 Å². The largest absolute Gasteiger partial charge is 0.385 e. The topological polar surface area (TPSA) is 80.3 Å². The van der Waals surface area contributed by atoms with E-state index < -0.39 is 0 Å². The average molecular weight is 369 g/mol. The number of para-hydroxylation sites is 1. The van der Waals surface area contributed by atoms with Gasteiger partial charge in [0.25, 0.3) is 11.8 Å². The van der Waals surface area contributed by atoms with Crippen molar-refractivity contribution in [3.63, 3.8) is 0 Å². The Hall–Kier alpha value is -2.73. The number of ether oxygens (including phenoxy) is 1. The highest BCUT2D eigenvalue weighted by Gasteiger charge is 2.19. The van der Waals surface area contributed by atoms with Crippen molar-refractivity contribution in [1.29, 1.82) is 0 Å². The van der Waals surface area contributed by atoms with Gasteiger partial charge >= 0.3 is 0 Å². The molecule has 0 spiro atoms. The molecule has 6 heteroatoms. The maximum absolute atomic E-state index is 12.6. The minimum Gasteiger partial charge on any atom is -0.385 e. The third-order valence-electron chi connectivity index (χ3n) is 4.05. The summed E-state index contributed by atoms with van der Waals surface area (Å²) in [5.41, 5.74) is 2.26. The van der Waals surface area contributed by atoms with E-state index in [9.17, 15) is 9.59 Å². The third-order valence-corrected chi connectivity index (χ3v) is 4.05. The fourth-order valence-corrected chi connectivity index (χ4v) is 2.65. The van der Waals surface area contributed by atoms with Crippen molar-refractivity contribution in [3.05, 3.63) is 59.4 Å². The number of pyridine rings is 1. The van der Waals surface area contributed by atoms with Crippen molar-refractivity contribution in [2.45, 2.75) is 32.6 Å². The smallest absolute Gasteiger partial charge is 0.274 e. The predicted octanol–water partition coefficient (Wildman–Crippen LogP) is 3.40. The number of nitrogens with zero attached hydrogens (tertiary/aromatic N) is 1. The molecule has 0 aliphatic rings. The third kappa shape index (κ3) is 5.89. The normalized spacial score (nSPS) is 11.1. The molecule has 0 aliphatic carbocycles. The van der Waals surface area contributed by atoms with Crippen molar-refractivity contribution >= 4 is 17.5 Å². The van der Waals surface area contributed by atoms with Crippen LogP contribution in [0.1, 0.15) is 53.6 Å². The van der Waals surface area contributed by atoms with Gasteiger partial charge in [0.2, 0.25) is 0 Å². The SMILES string of the molecule is COCCCNC(=O)c1ccnc(C(=O)Nc2ccccc2C(C)(C)C)c1. The summed E-state index contributed by atoms with van der Waals surface area (Å²) < 4.78 is 4.96. The Balaban J connectivity index is 2.11. The first-order chi connectivity index (χ1) is 12.8. The van der Waals surface area contributed by atoms with Crippen LogP contribution in [0.4, 0.5) is 5.69 Å². The quantitative estimate of drug-likeness (QED) is 0.733. The molecule has 1 aromatic carbocycles. The second kappa shape index (κ2) is 9.28. The van der Waals surface area contributed by atoms with Gasteiger partial charge in [0.1, 0.15) is 5.69 Å². The van der Waals surface area contributed by atoms with E-state index in [-0.39, 0.29) is 22.9 Å². The number of rotatable bonds is 7. The molecule has 144 valence electrons. The summed E-state index contributed by atoms with van der Waals surface area (Å²) >= 11 is 0. The molecular weight excluding hydrogens is 342 g/mol. The van der Waals surface area contributed by atoms with Gasteiger partial charge in [-0.2, -0.15) is 0 Å². The van der Waals surface area contributed by atoms with E-state index in [1.54, 1.807) is 13.2 Å². The standard InChI is InChI=1S/C21H27N3O3/c1-21(2,3)16-8-5-6-9-17(16)24-20(26)18-14-15(10-12-22-18)19(25)23-11-7-13-27-4/h5-6,8-10,12,14H,7,11,13H2,1-4H3,(H,23,25)(H,24,26). The zero-order valence-corrected chi connectivity index (χ0v) is 16.3. The second-order valence-electron chi connectivity index (χ2n) is 7.28. The van der Waals surface area contributed by atoms with E-state index in [1.165, 1.54) is 12.3 Å². The Bertz CT molecular complexity index is 797. The van der Waals surface area contributed by atoms with Gasteiger partial charge in [-0.1, -0.05) is 39.0 Å². The number of carbonyl (C=O) groups is 2. The summed E-state index contributed by atoms with van der Waals surface area (Å²) in [6.07, 6.45) is 2.19. The summed E-state index contributed by atoms with van der Waals surface area (Å²) in [7, 11) is 1.62. The molecule has 0 bridgehead atoms. The van der Waals surface area contributed by atoms with Crippen molar-refractivity contribution in [2.24, 2.45) is 0 Å². The number of amides is 2. The minimum atomic E-state index is -0.347. The molecule has 2 amide bonds. The number of anilines is 1. The van der Waals surface area contributed by atoms with Gasteiger partial charge in [0.05, 0.1) is 0 Å². The average Bonchev–Trinajstić information content (AvgIpc) is 2.64. The highest BCUT2D eigenvalue weighted by molar-refractivity contribution is 6.05. The Morgan fingerprint density at radius 1 is 1.11 bits per heavy atom. The summed E-state index contributed by atoms with van der Waals surface area (Å²) in [5.74, 6) is -0.585. The number of hydrogen-bond acceptors (Lipinski definition) is 4. The van der Waals surface area contributed by atoms with Crippen molar-refractivity contribution in [3.8, 4) is 0 Å². The number of aromatic nitrogens is 1. The van der Waals surface area contributed by atoms with Gasteiger partial charge in [-0.25, -0.2) is 0 Å². The van der Waals surface area contributed by atoms with E-state index in [2.05, 4.69) is 36.4 Å². The van der Waals surface area contributed by atoms with Crippen molar-refractivity contribution in [2.75, 3.05) is 25.6 Å². The van der Waals surface area contributed by atoms with Crippen LogP contribution in [0.15, 0.2) is 42.6 Å². The first kappa shape index (κ1) is 20.6. The number of benzene rings is 1. The van der Waals surface area contributed by atoms with Crippen LogP contribution in [0.3, 0.4) is 0 Å². The molecule has 0 unspecified atom stereocenters. The van der Waals surface area contributed by atoms with Crippen LogP contribution in [0.2, 0.25) is 0 Å². The second-order valence-corrected chi connectivity index (χ2v) is 7.28. The van der Waals surface area contributed by atoms with E-state index in [1.807, 2.05) is 24.3 Å². The van der Waals surface area contributed by atoms with Crippen LogP contribution in [0.5, 0.6) is 0 Å². The molecule has 0 atom stereocenters. The predicted molar refractivity (Wildman–Crippen MR) is 106 cm³/mol. The number of hydrogen-bond donors (Lipinski definition) is 2. The lowest BCUT2D eigenvalue weighted by Crippen LogP contribution is -2.26. The monoisotopic (exact) mass is 369 g/mol. The lowest BCUT2D eigenvalue weighted by molar-refractivity contribution is 0.0948. The van der Waals surface area contributed by atoms with E-state index >= 15 is 0 Å². The molecule has 27 heavy (non-hydrogen) atoms. The maximum atomic E-state index is 12.6. The fourth-order valence-electron chi connectivity index (χ4n) is 2.65. The molecule has 6 nitrogen and oxygen atoms in total.